The molecule has 0 spiro atoms. The molecule has 0 radical (unpaired) electrons. The molecule has 0 saturated heterocycles. The van der Waals surface area contributed by atoms with Crippen LogP contribution in [-0.4, -0.2) is 27.5 Å². The van der Waals surface area contributed by atoms with Gasteiger partial charge in [-0.2, -0.15) is 4.98 Å². The minimum Gasteiger partial charge on any atom is -0.337 e. The maximum Gasteiger partial charge on any atom is 0.257 e. The second-order valence-corrected chi connectivity index (χ2v) is 6.61. The summed E-state index contributed by atoms with van der Waals surface area (Å²) in [6.07, 6.45) is 0. The average Bonchev–Trinajstić information content (AvgIpc) is 3.08. The molecule has 3 aromatic rings. The molecule has 0 aliphatic heterocycles. The van der Waals surface area contributed by atoms with Gasteiger partial charge in [0.2, 0.25) is 11.7 Å². The average molecular weight is 390 g/mol. The largest absolute Gasteiger partial charge is 0.337 e. The maximum atomic E-state index is 12.8. The Hall–Kier alpha value is -2.37. The summed E-state index contributed by atoms with van der Waals surface area (Å²) in [7, 11) is 0. The minimum atomic E-state index is -0.279. The van der Waals surface area contributed by atoms with Gasteiger partial charge in [-0.25, -0.2) is 0 Å². The van der Waals surface area contributed by atoms with Crippen molar-refractivity contribution in [3.63, 3.8) is 0 Å². The molecule has 0 bridgehead atoms. The summed E-state index contributed by atoms with van der Waals surface area (Å²) >= 11 is 12.3. The van der Waals surface area contributed by atoms with Gasteiger partial charge in [-0.3, -0.25) is 4.79 Å². The molecule has 3 rings (SSSR count). The smallest absolute Gasteiger partial charge is 0.257 e. The van der Waals surface area contributed by atoms with E-state index in [0.717, 1.165) is 11.1 Å². The third kappa shape index (κ3) is 3.89. The molecule has 0 N–H and O–H groups in total. The quantitative estimate of drug-likeness (QED) is 0.614. The molecule has 5 nitrogen and oxygen atoms in total. The second kappa shape index (κ2) is 7.89. The van der Waals surface area contributed by atoms with Crippen molar-refractivity contribution in [2.75, 3.05) is 6.54 Å². The zero-order valence-corrected chi connectivity index (χ0v) is 15.9. The van der Waals surface area contributed by atoms with Crippen LogP contribution < -0.4 is 0 Å². The Labute approximate surface area is 161 Å². The molecule has 134 valence electrons. The summed E-state index contributed by atoms with van der Waals surface area (Å²) in [6.45, 7) is 4.48. The highest BCUT2D eigenvalue weighted by molar-refractivity contribution is 6.39. The number of halogens is 2. The zero-order valence-electron chi connectivity index (χ0n) is 14.4. The molecular formula is C19H17Cl2N3O2. The van der Waals surface area contributed by atoms with E-state index in [1.807, 2.05) is 38.1 Å². The second-order valence-electron chi connectivity index (χ2n) is 5.80. The van der Waals surface area contributed by atoms with Crippen LogP contribution in [0.4, 0.5) is 0 Å². The summed E-state index contributed by atoms with van der Waals surface area (Å²) in [5.41, 5.74) is 2.24. The first kappa shape index (κ1) is 18.4. The molecule has 0 fully saturated rings. The molecule has 1 amide bonds. The Balaban J connectivity index is 1.82. The van der Waals surface area contributed by atoms with Gasteiger partial charge in [0.05, 0.1) is 15.6 Å². The van der Waals surface area contributed by atoms with E-state index in [1.54, 1.807) is 23.1 Å². The van der Waals surface area contributed by atoms with Gasteiger partial charge in [0.25, 0.3) is 5.91 Å². The monoisotopic (exact) mass is 389 g/mol. The SMILES string of the molecule is CCN(Cc1nc(-c2cccc(C)c2)no1)C(=O)c1c(Cl)cccc1Cl. The Bertz CT molecular complexity index is 920. The lowest BCUT2D eigenvalue weighted by Crippen LogP contribution is -2.31. The van der Waals surface area contributed by atoms with Crippen LogP contribution in [0.2, 0.25) is 10.0 Å². The maximum absolute atomic E-state index is 12.8. The van der Waals surface area contributed by atoms with Gasteiger partial charge in [-0.1, -0.05) is 58.2 Å². The van der Waals surface area contributed by atoms with Crippen LogP contribution in [0.1, 0.15) is 28.7 Å². The molecule has 0 atom stereocenters. The number of carbonyl (C=O) groups is 1. The number of amides is 1. The van der Waals surface area contributed by atoms with E-state index < -0.39 is 0 Å². The van der Waals surface area contributed by atoms with Gasteiger partial charge in [-0.05, 0) is 32.0 Å². The lowest BCUT2D eigenvalue weighted by atomic mass is 10.1. The van der Waals surface area contributed by atoms with Crippen molar-refractivity contribution in [2.24, 2.45) is 0 Å². The summed E-state index contributed by atoms with van der Waals surface area (Å²) < 4.78 is 5.32. The molecule has 0 aliphatic carbocycles. The Morgan fingerprint density at radius 3 is 2.50 bits per heavy atom. The highest BCUT2D eigenvalue weighted by Crippen LogP contribution is 2.26. The van der Waals surface area contributed by atoms with E-state index in [1.165, 1.54) is 0 Å². The molecule has 7 heteroatoms. The molecular weight excluding hydrogens is 373 g/mol. The predicted molar refractivity (Wildman–Crippen MR) is 101 cm³/mol. The Morgan fingerprint density at radius 1 is 1.15 bits per heavy atom. The van der Waals surface area contributed by atoms with Crippen LogP contribution in [0, 0.1) is 6.92 Å². The van der Waals surface area contributed by atoms with Gasteiger partial charge in [0.15, 0.2) is 0 Å². The minimum absolute atomic E-state index is 0.176. The van der Waals surface area contributed by atoms with Crippen LogP contribution in [-0.2, 0) is 6.54 Å². The van der Waals surface area contributed by atoms with Crippen molar-refractivity contribution in [1.82, 2.24) is 15.0 Å². The van der Waals surface area contributed by atoms with Gasteiger partial charge in [-0.15, -0.1) is 0 Å². The molecule has 0 unspecified atom stereocenters. The topological polar surface area (TPSA) is 59.2 Å². The number of nitrogens with zero attached hydrogens (tertiary/aromatic N) is 3. The van der Waals surface area contributed by atoms with Gasteiger partial charge in [0, 0.05) is 12.1 Å². The van der Waals surface area contributed by atoms with Crippen LogP contribution in [0.15, 0.2) is 47.0 Å². The number of hydrogen-bond donors (Lipinski definition) is 0. The molecule has 26 heavy (non-hydrogen) atoms. The van der Waals surface area contributed by atoms with Crippen molar-refractivity contribution in [3.05, 3.63) is 69.5 Å². The van der Waals surface area contributed by atoms with Crippen molar-refractivity contribution in [2.45, 2.75) is 20.4 Å². The van der Waals surface area contributed by atoms with E-state index in [9.17, 15) is 4.79 Å². The normalized spacial score (nSPS) is 10.8. The van der Waals surface area contributed by atoms with Crippen molar-refractivity contribution in [3.8, 4) is 11.4 Å². The van der Waals surface area contributed by atoms with Gasteiger partial charge < -0.3 is 9.42 Å². The molecule has 2 aromatic carbocycles. The first-order chi connectivity index (χ1) is 12.5. The molecule has 1 aromatic heterocycles. The number of aromatic nitrogens is 2. The number of hydrogen-bond acceptors (Lipinski definition) is 4. The van der Waals surface area contributed by atoms with E-state index in [2.05, 4.69) is 10.1 Å². The fourth-order valence-corrected chi connectivity index (χ4v) is 3.13. The third-order valence-electron chi connectivity index (χ3n) is 3.92. The lowest BCUT2D eigenvalue weighted by Gasteiger charge is -2.20. The van der Waals surface area contributed by atoms with Crippen LogP contribution in [0.3, 0.4) is 0 Å². The fourth-order valence-electron chi connectivity index (χ4n) is 2.57. The van der Waals surface area contributed by atoms with Crippen LogP contribution >= 0.6 is 23.2 Å². The number of rotatable bonds is 5. The van der Waals surface area contributed by atoms with Crippen molar-refractivity contribution >= 4 is 29.1 Å². The van der Waals surface area contributed by atoms with Crippen molar-refractivity contribution in [1.29, 1.82) is 0 Å². The van der Waals surface area contributed by atoms with Crippen molar-refractivity contribution < 1.29 is 9.32 Å². The first-order valence-electron chi connectivity index (χ1n) is 8.12. The Morgan fingerprint density at radius 2 is 1.85 bits per heavy atom. The van der Waals surface area contributed by atoms with E-state index in [0.29, 0.717) is 28.3 Å². The molecule has 0 saturated carbocycles. The van der Waals surface area contributed by atoms with Gasteiger partial charge >= 0.3 is 0 Å². The Kier molecular flexibility index (Phi) is 5.59. The van der Waals surface area contributed by atoms with Gasteiger partial charge in [0.1, 0.15) is 6.54 Å². The standard InChI is InChI=1S/C19H17Cl2N3O2/c1-3-24(19(25)17-14(20)8-5-9-15(17)21)11-16-22-18(23-26-16)13-7-4-6-12(2)10-13/h4-10H,3,11H2,1-2H3. The summed E-state index contributed by atoms with van der Waals surface area (Å²) in [5, 5.41) is 4.63. The van der Waals surface area contributed by atoms with Crippen LogP contribution in [0.5, 0.6) is 0 Å². The summed E-state index contributed by atoms with van der Waals surface area (Å²) in [6, 6.07) is 12.8. The number of aryl methyl sites for hydroxylation is 1. The number of carbonyl (C=O) groups excluding carboxylic acids is 1. The highest BCUT2D eigenvalue weighted by atomic mass is 35.5. The number of benzene rings is 2. The lowest BCUT2D eigenvalue weighted by molar-refractivity contribution is 0.0735. The molecule has 0 aliphatic rings. The zero-order chi connectivity index (χ0) is 18.7. The highest BCUT2D eigenvalue weighted by Gasteiger charge is 2.22. The summed E-state index contributed by atoms with van der Waals surface area (Å²) in [5.74, 6) is 0.557. The predicted octanol–water partition coefficient (Wildman–Crippen LogP) is 5.01. The molecule has 1 heterocycles. The third-order valence-corrected chi connectivity index (χ3v) is 4.55. The summed E-state index contributed by atoms with van der Waals surface area (Å²) in [4.78, 5) is 18.8. The van der Waals surface area contributed by atoms with E-state index in [-0.39, 0.29) is 18.0 Å². The van der Waals surface area contributed by atoms with Crippen LogP contribution in [0.25, 0.3) is 11.4 Å². The van der Waals surface area contributed by atoms with E-state index in [4.69, 9.17) is 27.7 Å². The van der Waals surface area contributed by atoms with E-state index >= 15 is 0 Å². The first-order valence-corrected chi connectivity index (χ1v) is 8.88. The fraction of sp³-hybridized carbons (Fsp3) is 0.211.